The molecule has 12 heteroatoms. The summed E-state index contributed by atoms with van der Waals surface area (Å²) in [6.07, 6.45) is -3.15. The number of alkyl halides is 5. The molecular weight excluding hydrogens is 433 g/mol. The number of rotatable bonds is 7. The zero-order valence-electron chi connectivity index (χ0n) is 15.7. The maximum Gasteiger partial charge on any atom is 0.422 e. The number of hydrogen-bond acceptors (Lipinski definition) is 5. The van der Waals surface area contributed by atoms with E-state index in [9.17, 15) is 26.5 Å². The lowest BCUT2D eigenvalue weighted by Gasteiger charge is -2.16. The second kappa shape index (κ2) is 8.64. The molecule has 30 heavy (non-hydrogen) atoms. The number of imidazole rings is 1. The number of pyridine rings is 1. The summed E-state index contributed by atoms with van der Waals surface area (Å²) in [5.41, 5.74) is 1.79. The molecule has 1 atom stereocenters. The molecule has 0 bridgehead atoms. The highest BCUT2D eigenvalue weighted by molar-refractivity contribution is 7.90. The number of aromatic nitrogens is 3. The molecule has 0 aliphatic carbocycles. The van der Waals surface area contributed by atoms with E-state index in [-0.39, 0.29) is 27.9 Å². The van der Waals surface area contributed by atoms with Crippen LogP contribution < -0.4 is 9.47 Å². The normalized spacial score (nSPS) is 13.1. The third-order valence-corrected chi connectivity index (χ3v) is 5.23. The summed E-state index contributed by atoms with van der Waals surface area (Å²) in [7, 11) is 0. The molecular formula is C18H16F5N3O3S. The van der Waals surface area contributed by atoms with Crippen LogP contribution in [0.15, 0.2) is 29.6 Å². The van der Waals surface area contributed by atoms with Crippen molar-refractivity contribution in [2.45, 2.75) is 37.5 Å². The first-order chi connectivity index (χ1) is 14.0. The Bertz CT molecular complexity index is 1040. The first-order valence-corrected chi connectivity index (χ1v) is 9.83. The maximum atomic E-state index is 12.7. The van der Waals surface area contributed by atoms with Gasteiger partial charge in [-0.2, -0.15) is 26.9 Å². The van der Waals surface area contributed by atoms with Gasteiger partial charge in [0.25, 0.3) is 0 Å². The van der Waals surface area contributed by atoms with Crippen LogP contribution in [0.25, 0.3) is 11.0 Å². The largest absolute Gasteiger partial charge is 0.609 e. The third-order valence-electron chi connectivity index (χ3n) is 4.07. The van der Waals surface area contributed by atoms with E-state index in [2.05, 4.69) is 19.7 Å². The molecule has 3 aromatic rings. The van der Waals surface area contributed by atoms with E-state index < -0.39 is 30.6 Å². The molecule has 0 saturated heterocycles. The molecule has 2 heterocycles. The molecule has 0 fully saturated rings. The number of H-pyrrole nitrogens is 1. The van der Waals surface area contributed by atoms with E-state index in [1.807, 2.05) is 0 Å². The van der Waals surface area contributed by atoms with Crippen molar-refractivity contribution < 1.29 is 36.0 Å². The molecule has 0 spiro atoms. The van der Waals surface area contributed by atoms with Crippen molar-refractivity contribution >= 4 is 22.2 Å². The fraction of sp³-hybridized carbons (Fsp3) is 0.333. The summed E-state index contributed by atoms with van der Waals surface area (Å²) in [5.74, 6) is -0.189. The standard InChI is InChI=1S/C18H16F5N3O3S/c1-9-6-24-14(10(2)15(9)28-8-18(21,22)23)7-30(27)17-25-12-4-3-11(29-16(19)20)5-13(12)26-17/h3-6,16H,7-8H2,1-2H3,(H,25,26)/t30-/m0/s1. The average molecular weight is 449 g/mol. The van der Waals surface area contributed by atoms with Gasteiger partial charge in [0.05, 0.1) is 16.7 Å². The number of nitrogens with zero attached hydrogens (tertiary/aromatic N) is 2. The van der Waals surface area contributed by atoms with Crippen molar-refractivity contribution in [3.05, 3.63) is 41.2 Å². The molecule has 0 radical (unpaired) electrons. The molecule has 0 unspecified atom stereocenters. The molecule has 0 aliphatic heterocycles. The van der Waals surface area contributed by atoms with Crippen LogP contribution in [0.5, 0.6) is 11.5 Å². The van der Waals surface area contributed by atoms with Gasteiger partial charge < -0.3 is 14.0 Å². The van der Waals surface area contributed by atoms with Gasteiger partial charge in [-0.25, -0.2) is 0 Å². The highest BCUT2D eigenvalue weighted by atomic mass is 32.2. The van der Waals surface area contributed by atoms with Crippen molar-refractivity contribution in [1.82, 2.24) is 15.0 Å². The minimum absolute atomic E-state index is 0.0349. The van der Waals surface area contributed by atoms with Crippen LogP contribution in [0.4, 0.5) is 22.0 Å². The second-order valence-electron chi connectivity index (χ2n) is 6.34. The Kier molecular flexibility index (Phi) is 6.36. The lowest BCUT2D eigenvalue weighted by molar-refractivity contribution is -0.153. The lowest BCUT2D eigenvalue weighted by Crippen LogP contribution is -2.20. The summed E-state index contributed by atoms with van der Waals surface area (Å²) in [6.45, 7) is -1.34. The number of fused-ring (bicyclic) bond motifs is 1. The highest BCUT2D eigenvalue weighted by Gasteiger charge is 2.29. The second-order valence-corrected chi connectivity index (χ2v) is 7.70. The molecule has 1 aromatic carbocycles. The third kappa shape index (κ3) is 5.30. The first-order valence-electron chi connectivity index (χ1n) is 8.51. The van der Waals surface area contributed by atoms with Crippen molar-refractivity contribution in [2.75, 3.05) is 6.61 Å². The summed E-state index contributed by atoms with van der Waals surface area (Å²) in [5, 5.41) is 0.0683. The zero-order valence-corrected chi connectivity index (χ0v) is 16.5. The predicted octanol–water partition coefficient (Wildman–Crippen LogP) is 4.43. The van der Waals surface area contributed by atoms with E-state index in [1.165, 1.54) is 31.3 Å². The number of halogens is 5. The summed E-state index contributed by atoms with van der Waals surface area (Å²) < 4.78 is 84.0. The number of aryl methyl sites for hydroxylation is 1. The molecule has 1 N–H and O–H groups in total. The van der Waals surface area contributed by atoms with Crippen molar-refractivity contribution in [3.63, 3.8) is 0 Å². The molecule has 0 saturated carbocycles. The summed E-state index contributed by atoms with van der Waals surface area (Å²) in [4.78, 5) is 11.1. The van der Waals surface area contributed by atoms with Gasteiger partial charge >= 0.3 is 17.9 Å². The minimum atomic E-state index is -4.49. The van der Waals surface area contributed by atoms with Gasteiger partial charge in [-0.3, -0.25) is 9.97 Å². The van der Waals surface area contributed by atoms with Gasteiger partial charge in [0.1, 0.15) is 11.5 Å². The number of benzene rings is 1. The topological polar surface area (TPSA) is 83.1 Å². The van der Waals surface area contributed by atoms with Gasteiger partial charge in [-0.15, -0.1) is 0 Å². The van der Waals surface area contributed by atoms with Gasteiger partial charge in [0.15, 0.2) is 12.4 Å². The van der Waals surface area contributed by atoms with Crippen molar-refractivity contribution in [2.24, 2.45) is 0 Å². The Hall–Kier alpha value is -2.60. The van der Waals surface area contributed by atoms with Crippen LogP contribution in [0.2, 0.25) is 0 Å². The number of hydrogen-bond donors (Lipinski definition) is 1. The molecule has 3 rings (SSSR count). The van der Waals surface area contributed by atoms with E-state index in [1.54, 1.807) is 6.92 Å². The monoisotopic (exact) mass is 449 g/mol. The molecule has 2 aromatic heterocycles. The highest BCUT2D eigenvalue weighted by Crippen LogP contribution is 2.29. The van der Waals surface area contributed by atoms with Gasteiger partial charge in [0, 0.05) is 34.6 Å². The predicted molar refractivity (Wildman–Crippen MR) is 98.1 cm³/mol. The van der Waals surface area contributed by atoms with Crippen LogP contribution >= 0.6 is 0 Å². The van der Waals surface area contributed by atoms with Gasteiger partial charge in [-0.1, -0.05) is 0 Å². The van der Waals surface area contributed by atoms with E-state index >= 15 is 0 Å². The van der Waals surface area contributed by atoms with Crippen LogP contribution in [0, 0.1) is 13.8 Å². The summed E-state index contributed by atoms with van der Waals surface area (Å²) >= 11 is -1.73. The fourth-order valence-electron chi connectivity index (χ4n) is 2.72. The van der Waals surface area contributed by atoms with Crippen molar-refractivity contribution in [1.29, 1.82) is 0 Å². The van der Waals surface area contributed by atoms with Crippen LogP contribution in [0.3, 0.4) is 0 Å². The zero-order chi connectivity index (χ0) is 22.1. The van der Waals surface area contributed by atoms with E-state index in [4.69, 9.17) is 4.74 Å². The molecule has 6 nitrogen and oxygen atoms in total. The first kappa shape index (κ1) is 22.1. The molecule has 162 valence electrons. The number of nitrogens with one attached hydrogen (secondary N) is 1. The molecule has 0 amide bonds. The lowest BCUT2D eigenvalue weighted by atomic mass is 10.1. The smallest absolute Gasteiger partial charge is 0.422 e. The Morgan fingerprint density at radius 1 is 1.23 bits per heavy atom. The van der Waals surface area contributed by atoms with Gasteiger partial charge in [0.2, 0.25) is 0 Å². The Labute approximate surface area is 170 Å². The SMILES string of the molecule is Cc1cnc(C[S@+]([O-])c2nc3cc(OC(F)F)ccc3[nH]2)c(C)c1OCC(F)(F)F. The van der Waals surface area contributed by atoms with Crippen molar-refractivity contribution in [3.8, 4) is 11.5 Å². The average Bonchev–Trinajstić information content (AvgIpc) is 3.06. The summed E-state index contributed by atoms with van der Waals surface area (Å²) in [6, 6.07) is 4.05. The van der Waals surface area contributed by atoms with Crippen LogP contribution in [0.1, 0.15) is 16.8 Å². The Balaban J connectivity index is 1.80. The van der Waals surface area contributed by atoms with E-state index in [0.717, 1.165) is 0 Å². The fourth-order valence-corrected chi connectivity index (χ4v) is 3.82. The minimum Gasteiger partial charge on any atom is -0.609 e. The number of aromatic amines is 1. The van der Waals surface area contributed by atoms with Crippen LogP contribution in [-0.2, 0) is 16.9 Å². The van der Waals surface area contributed by atoms with Gasteiger partial charge in [-0.05, 0) is 26.0 Å². The molecule has 0 aliphatic rings. The quantitative estimate of drug-likeness (QED) is 0.426. The van der Waals surface area contributed by atoms with E-state index in [0.29, 0.717) is 22.3 Å². The maximum absolute atomic E-state index is 12.7. The van der Waals surface area contributed by atoms with Crippen LogP contribution in [-0.4, -0.2) is 38.9 Å². The Morgan fingerprint density at radius 3 is 2.63 bits per heavy atom. The Morgan fingerprint density at radius 2 is 1.97 bits per heavy atom. The number of ether oxygens (including phenoxy) is 2.